The molecule has 0 amide bonds. The lowest BCUT2D eigenvalue weighted by Crippen LogP contribution is -2.45. The van der Waals surface area contributed by atoms with Crippen LogP contribution in [0.25, 0.3) is 0 Å². The van der Waals surface area contributed by atoms with Crippen LogP contribution in [-0.2, 0) is 9.47 Å². The zero-order valence-corrected chi connectivity index (χ0v) is 11.1. The Morgan fingerprint density at radius 2 is 2.06 bits per heavy atom. The first-order valence-corrected chi connectivity index (χ1v) is 7.23. The van der Waals surface area contributed by atoms with E-state index in [1.165, 1.54) is 25.7 Å². The molecule has 1 saturated heterocycles. The molecule has 17 heavy (non-hydrogen) atoms. The van der Waals surface area contributed by atoms with Crippen LogP contribution in [0.4, 0.5) is 0 Å². The van der Waals surface area contributed by atoms with Crippen molar-refractivity contribution < 1.29 is 9.47 Å². The molecule has 0 spiro atoms. The zero-order valence-electron chi connectivity index (χ0n) is 11.1. The summed E-state index contributed by atoms with van der Waals surface area (Å²) in [5.74, 6) is 0.890. The number of rotatable bonds is 5. The maximum Gasteiger partial charge on any atom is 0.0809 e. The lowest BCUT2D eigenvalue weighted by atomic mass is 9.77. The van der Waals surface area contributed by atoms with Crippen molar-refractivity contribution in [2.24, 2.45) is 11.7 Å². The molecular formula is C14H27NO2. The van der Waals surface area contributed by atoms with Crippen molar-refractivity contribution in [3.8, 4) is 0 Å². The Balaban J connectivity index is 1.78. The quantitative estimate of drug-likeness (QED) is 0.804. The van der Waals surface area contributed by atoms with E-state index in [0.29, 0.717) is 12.6 Å². The zero-order chi connectivity index (χ0) is 12.1. The van der Waals surface area contributed by atoms with E-state index in [4.69, 9.17) is 15.2 Å². The second-order valence-electron chi connectivity index (χ2n) is 5.68. The van der Waals surface area contributed by atoms with E-state index in [9.17, 15) is 0 Å². The van der Waals surface area contributed by atoms with E-state index < -0.39 is 0 Å². The lowest BCUT2D eigenvalue weighted by Gasteiger charge is -2.39. The van der Waals surface area contributed by atoms with Gasteiger partial charge in [-0.3, -0.25) is 0 Å². The fourth-order valence-corrected chi connectivity index (χ4v) is 3.06. The van der Waals surface area contributed by atoms with Gasteiger partial charge in [-0.05, 0) is 44.4 Å². The molecule has 1 aliphatic carbocycles. The van der Waals surface area contributed by atoms with Crippen LogP contribution in [0, 0.1) is 5.92 Å². The highest BCUT2D eigenvalue weighted by Gasteiger charge is 2.35. The van der Waals surface area contributed by atoms with Gasteiger partial charge in [0.1, 0.15) is 0 Å². The molecule has 2 aliphatic rings. The van der Waals surface area contributed by atoms with Gasteiger partial charge in [0.05, 0.1) is 18.3 Å². The van der Waals surface area contributed by atoms with Crippen LogP contribution in [-0.4, -0.2) is 31.5 Å². The molecule has 1 atom stereocenters. The molecule has 3 nitrogen and oxygen atoms in total. The third kappa shape index (κ3) is 3.43. The minimum atomic E-state index is -0.0440. The number of hydrogen-bond acceptors (Lipinski definition) is 3. The van der Waals surface area contributed by atoms with Crippen LogP contribution in [0.3, 0.4) is 0 Å². The largest absolute Gasteiger partial charge is 0.376 e. The summed E-state index contributed by atoms with van der Waals surface area (Å²) in [7, 11) is 0. The Bertz CT molecular complexity index is 218. The average molecular weight is 241 g/mol. The first kappa shape index (κ1) is 13.3. The molecule has 2 fully saturated rings. The van der Waals surface area contributed by atoms with Crippen molar-refractivity contribution in [2.45, 2.75) is 63.6 Å². The minimum Gasteiger partial charge on any atom is -0.376 e. The van der Waals surface area contributed by atoms with E-state index in [1.807, 2.05) is 0 Å². The van der Waals surface area contributed by atoms with E-state index in [2.05, 4.69) is 6.92 Å². The molecule has 2 rings (SSSR count). The van der Waals surface area contributed by atoms with Crippen molar-refractivity contribution in [1.29, 1.82) is 0 Å². The summed E-state index contributed by atoms with van der Waals surface area (Å²) >= 11 is 0. The fourth-order valence-electron chi connectivity index (χ4n) is 3.06. The Hall–Kier alpha value is -0.120. The number of ether oxygens (including phenoxy) is 2. The summed E-state index contributed by atoms with van der Waals surface area (Å²) in [6.07, 6.45) is 8.77. The summed E-state index contributed by atoms with van der Waals surface area (Å²) in [6, 6.07) is 0. The van der Waals surface area contributed by atoms with E-state index >= 15 is 0 Å². The molecule has 1 saturated carbocycles. The second kappa shape index (κ2) is 6.17. The van der Waals surface area contributed by atoms with E-state index in [0.717, 1.165) is 38.4 Å². The van der Waals surface area contributed by atoms with Crippen LogP contribution < -0.4 is 5.73 Å². The highest BCUT2D eigenvalue weighted by Crippen LogP contribution is 2.36. The highest BCUT2D eigenvalue weighted by molar-refractivity contribution is 4.88. The van der Waals surface area contributed by atoms with E-state index in [-0.39, 0.29) is 5.60 Å². The minimum absolute atomic E-state index is 0.0440. The Kier molecular flexibility index (Phi) is 4.83. The second-order valence-corrected chi connectivity index (χ2v) is 5.68. The van der Waals surface area contributed by atoms with Gasteiger partial charge >= 0.3 is 0 Å². The molecule has 0 aromatic rings. The monoisotopic (exact) mass is 241 g/mol. The third-order valence-electron chi connectivity index (χ3n) is 4.57. The maximum absolute atomic E-state index is 6.15. The van der Waals surface area contributed by atoms with Crippen molar-refractivity contribution in [3.05, 3.63) is 0 Å². The molecule has 1 heterocycles. The van der Waals surface area contributed by atoms with Gasteiger partial charge < -0.3 is 15.2 Å². The fraction of sp³-hybridized carbons (Fsp3) is 1.00. The van der Waals surface area contributed by atoms with Crippen molar-refractivity contribution >= 4 is 0 Å². The normalized spacial score (nSPS) is 38.5. The Morgan fingerprint density at radius 3 is 2.59 bits per heavy atom. The number of nitrogens with two attached hydrogens (primary N) is 1. The SMILES string of the molecule is CCC1CCC(CN)(OCC2CCCO2)CC1. The first-order valence-electron chi connectivity index (χ1n) is 7.23. The number of hydrogen-bond donors (Lipinski definition) is 1. The predicted octanol–water partition coefficient (Wildman–Crippen LogP) is 2.48. The Morgan fingerprint density at radius 1 is 1.29 bits per heavy atom. The van der Waals surface area contributed by atoms with Crippen LogP contribution in [0.1, 0.15) is 51.9 Å². The summed E-state index contributed by atoms with van der Waals surface area (Å²) in [5.41, 5.74) is 5.90. The van der Waals surface area contributed by atoms with Gasteiger partial charge in [0, 0.05) is 13.2 Å². The Labute approximate surface area is 105 Å². The van der Waals surface area contributed by atoms with Crippen molar-refractivity contribution in [3.63, 3.8) is 0 Å². The highest BCUT2D eigenvalue weighted by atomic mass is 16.5. The van der Waals surface area contributed by atoms with Crippen LogP contribution >= 0.6 is 0 Å². The summed E-state index contributed by atoms with van der Waals surface area (Å²) < 4.78 is 11.8. The van der Waals surface area contributed by atoms with Gasteiger partial charge in [0.25, 0.3) is 0 Å². The average Bonchev–Trinajstić information content (AvgIpc) is 2.90. The van der Waals surface area contributed by atoms with Crippen LogP contribution in [0.2, 0.25) is 0 Å². The molecule has 1 aliphatic heterocycles. The van der Waals surface area contributed by atoms with Crippen molar-refractivity contribution in [1.82, 2.24) is 0 Å². The van der Waals surface area contributed by atoms with E-state index in [1.54, 1.807) is 0 Å². The molecule has 0 bridgehead atoms. The molecule has 100 valence electrons. The molecular weight excluding hydrogens is 214 g/mol. The first-order chi connectivity index (χ1) is 8.28. The third-order valence-corrected chi connectivity index (χ3v) is 4.57. The predicted molar refractivity (Wildman–Crippen MR) is 69.0 cm³/mol. The van der Waals surface area contributed by atoms with Crippen LogP contribution in [0.15, 0.2) is 0 Å². The van der Waals surface area contributed by atoms with Gasteiger partial charge in [-0.1, -0.05) is 13.3 Å². The summed E-state index contributed by atoms with van der Waals surface area (Å²) in [5, 5.41) is 0. The standard InChI is InChI=1S/C14H27NO2/c1-2-12-5-7-14(11-15,8-6-12)17-10-13-4-3-9-16-13/h12-13H,2-11,15H2,1H3. The molecule has 2 N–H and O–H groups in total. The molecule has 0 radical (unpaired) electrons. The van der Waals surface area contributed by atoms with Gasteiger partial charge in [0.15, 0.2) is 0 Å². The lowest BCUT2D eigenvalue weighted by molar-refractivity contribution is -0.102. The summed E-state index contributed by atoms with van der Waals surface area (Å²) in [6.45, 7) is 4.60. The summed E-state index contributed by atoms with van der Waals surface area (Å²) in [4.78, 5) is 0. The van der Waals surface area contributed by atoms with Gasteiger partial charge in [-0.15, -0.1) is 0 Å². The molecule has 0 aromatic heterocycles. The van der Waals surface area contributed by atoms with Gasteiger partial charge in [-0.2, -0.15) is 0 Å². The molecule has 3 heteroatoms. The topological polar surface area (TPSA) is 44.5 Å². The molecule has 0 aromatic carbocycles. The van der Waals surface area contributed by atoms with Crippen molar-refractivity contribution in [2.75, 3.05) is 19.8 Å². The maximum atomic E-state index is 6.15. The smallest absolute Gasteiger partial charge is 0.0809 e. The molecule has 1 unspecified atom stereocenters. The van der Waals surface area contributed by atoms with Gasteiger partial charge in [-0.25, -0.2) is 0 Å². The van der Waals surface area contributed by atoms with Crippen LogP contribution in [0.5, 0.6) is 0 Å². The van der Waals surface area contributed by atoms with Gasteiger partial charge in [0.2, 0.25) is 0 Å².